The molecule has 142 valence electrons. The molecule has 3 N–H and O–H groups in total. The third-order valence-electron chi connectivity index (χ3n) is 4.92. The number of carboxylic acid groups (broad SMARTS) is 1. The van der Waals surface area contributed by atoms with Crippen LogP contribution < -0.4 is 9.88 Å². The molecule has 2 rings (SSSR count). The molecule has 25 heavy (non-hydrogen) atoms. The van der Waals surface area contributed by atoms with Gasteiger partial charge >= 0.3 is 6.09 Å². The van der Waals surface area contributed by atoms with Gasteiger partial charge in [0.1, 0.15) is 21.4 Å². The van der Waals surface area contributed by atoms with Crippen molar-refractivity contribution in [3.8, 4) is 5.88 Å². The van der Waals surface area contributed by atoms with Crippen LogP contribution in [0.3, 0.4) is 0 Å². The molecule has 11 heteroatoms. The Hall–Kier alpha value is -1.59. The molecule has 2 heterocycles. The molecule has 1 aromatic heterocycles. The average Bonchev–Trinajstić information content (AvgIpc) is 2.87. The molecule has 1 aliphatic heterocycles. The summed E-state index contributed by atoms with van der Waals surface area (Å²) < 4.78 is 24.8. The first-order chi connectivity index (χ1) is 11.3. The first kappa shape index (κ1) is 19.7. The van der Waals surface area contributed by atoms with Gasteiger partial charge in [-0.25, -0.2) is 18.8 Å². The Bertz CT molecular complexity index is 792. The van der Waals surface area contributed by atoms with Crippen molar-refractivity contribution in [1.82, 2.24) is 14.7 Å². The second kappa shape index (κ2) is 6.29. The van der Waals surface area contributed by atoms with Crippen molar-refractivity contribution in [2.45, 2.75) is 56.4 Å². The van der Waals surface area contributed by atoms with Crippen molar-refractivity contribution in [3.63, 3.8) is 0 Å². The van der Waals surface area contributed by atoms with E-state index in [1.807, 2.05) is 13.1 Å². The highest BCUT2D eigenvalue weighted by molar-refractivity contribution is 7.92. The Kier molecular flexibility index (Phi) is 4.96. The van der Waals surface area contributed by atoms with Crippen LogP contribution in [0.25, 0.3) is 0 Å². The molecule has 0 bridgehead atoms. The van der Waals surface area contributed by atoms with Gasteiger partial charge in [-0.1, -0.05) is 20.8 Å². The number of aromatic nitrogens is 2. The molecule has 2 atom stereocenters. The van der Waals surface area contributed by atoms with Crippen molar-refractivity contribution in [3.05, 3.63) is 6.20 Å². The van der Waals surface area contributed by atoms with E-state index >= 15 is 0 Å². The molecule has 1 unspecified atom stereocenters. The predicted molar refractivity (Wildman–Crippen MR) is 97.5 cm³/mol. The monoisotopic (exact) mass is 389 g/mol. The Morgan fingerprint density at radius 2 is 2.16 bits per heavy atom. The highest BCUT2D eigenvalue weighted by Gasteiger charge is 2.38. The van der Waals surface area contributed by atoms with Crippen molar-refractivity contribution in [2.75, 3.05) is 13.7 Å². The fourth-order valence-electron chi connectivity index (χ4n) is 2.18. The SMILES string of the molecule is CN(C(=O)O)[C@H]1COc2c(S(N)(=O)=N[Si](C)(C)C(C)(C)C)cnn2C1. The van der Waals surface area contributed by atoms with E-state index in [1.54, 1.807) is 0 Å². The zero-order valence-corrected chi connectivity index (χ0v) is 17.3. The summed E-state index contributed by atoms with van der Waals surface area (Å²) in [7, 11) is -3.92. The lowest BCUT2D eigenvalue weighted by atomic mass is 10.2. The molecule has 1 amide bonds. The lowest BCUT2D eigenvalue weighted by Gasteiger charge is -2.33. The highest BCUT2D eigenvalue weighted by Crippen LogP contribution is 2.38. The van der Waals surface area contributed by atoms with E-state index in [2.05, 4.69) is 29.9 Å². The van der Waals surface area contributed by atoms with Crippen LogP contribution >= 0.6 is 0 Å². The maximum absolute atomic E-state index is 13.1. The topological polar surface area (TPSA) is 123 Å². The van der Waals surface area contributed by atoms with Crippen LogP contribution in [-0.4, -0.2) is 58.0 Å². The van der Waals surface area contributed by atoms with Crippen molar-refractivity contribution in [1.29, 1.82) is 0 Å². The van der Waals surface area contributed by atoms with Gasteiger partial charge in [-0.05, 0) is 18.1 Å². The van der Waals surface area contributed by atoms with Crippen LogP contribution in [0.4, 0.5) is 4.79 Å². The molecule has 9 nitrogen and oxygen atoms in total. The van der Waals surface area contributed by atoms with Gasteiger partial charge in [0.2, 0.25) is 5.88 Å². The zero-order chi connectivity index (χ0) is 19.2. The molecule has 0 aliphatic carbocycles. The molecule has 0 saturated carbocycles. The number of hydrogen-bond acceptors (Lipinski definition) is 5. The van der Waals surface area contributed by atoms with Crippen LogP contribution in [0.2, 0.25) is 18.1 Å². The van der Waals surface area contributed by atoms with E-state index < -0.39 is 24.2 Å². The van der Waals surface area contributed by atoms with Crippen molar-refractivity contribution >= 4 is 24.2 Å². The lowest BCUT2D eigenvalue weighted by molar-refractivity contribution is 0.0874. The summed E-state index contributed by atoms with van der Waals surface area (Å²) in [6, 6.07) is -0.371. The fourth-order valence-corrected chi connectivity index (χ4v) is 6.99. The van der Waals surface area contributed by atoms with Gasteiger partial charge in [0.05, 0.1) is 18.8 Å². The number of nitrogens with zero attached hydrogens (tertiary/aromatic N) is 4. The standard InChI is InChI=1S/C14H27N5O4SSi/c1-14(2,3)25(5,6)17-24(15,22)11-7-16-19-8-10(9-23-12(11)19)18(4)13(20)21/h7,10H,8-9H2,1-6H3,(H,20,21)(H2,15,17,22)/t10-,24?/m1/s1. The molecule has 0 radical (unpaired) electrons. The molecule has 0 fully saturated rings. The van der Waals surface area contributed by atoms with E-state index in [1.165, 1.54) is 22.8 Å². The molecule has 0 aromatic carbocycles. The highest BCUT2D eigenvalue weighted by atomic mass is 32.2. The van der Waals surface area contributed by atoms with E-state index in [0.717, 1.165) is 0 Å². The fraction of sp³-hybridized carbons (Fsp3) is 0.714. The second-order valence-corrected chi connectivity index (χ2v) is 14.7. The molecule has 0 spiro atoms. The number of nitrogens with two attached hydrogens (primary N) is 1. The molecule has 0 saturated heterocycles. The maximum atomic E-state index is 13.1. The Morgan fingerprint density at radius 3 is 2.68 bits per heavy atom. The zero-order valence-electron chi connectivity index (χ0n) is 15.5. The van der Waals surface area contributed by atoms with Gasteiger partial charge in [0, 0.05) is 7.05 Å². The largest absolute Gasteiger partial charge is 0.475 e. The van der Waals surface area contributed by atoms with E-state index in [-0.39, 0.29) is 22.6 Å². The summed E-state index contributed by atoms with van der Waals surface area (Å²) >= 11 is 0. The Morgan fingerprint density at radius 1 is 1.56 bits per heavy atom. The molecule has 1 aliphatic rings. The quantitative estimate of drug-likeness (QED) is 0.765. The van der Waals surface area contributed by atoms with E-state index in [4.69, 9.17) is 15.0 Å². The number of likely N-dealkylation sites (N-methyl/N-ethyl adjacent to an activating group) is 1. The van der Waals surface area contributed by atoms with Crippen LogP contribution in [0.1, 0.15) is 20.8 Å². The van der Waals surface area contributed by atoms with Crippen molar-refractivity contribution in [2.24, 2.45) is 9.17 Å². The van der Waals surface area contributed by atoms with Crippen LogP contribution in [0.5, 0.6) is 5.88 Å². The number of hydrogen-bond donors (Lipinski definition) is 2. The minimum Gasteiger partial charge on any atom is -0.475 e. The molecular formula is C14H27N5O4SSi. The minimum absolute atomic E-state index is 0.0988. The summed E-state index contributed by atoms with van der Waals surface area (Å²) in [6.07, 6.45) is 0.372. The second-order valence-electron chi connectivity index (χ2n) is 7.82. The average molecular weight is 390 g/mol. The molecule has 1 aromatic rings. The number of fused-ring (bicyclic) bond motifs is 1. The van der Waals surface area contributed by atoms with Gasteiger partial charge in [-0.2, -0.15) is 5.10 Å². The third kappa shape index (κ3) is 3.82. The Labute approximate surface area is 149 Å². The normalized spacial score (nSPS) is 20.2. The predicted octanol–water partition coefficient (Wildman–Crippen LogP) is 1.96. The van der Waals surface area contributed by atoms with Crippen LogP contribution in [-0.2, 0) is 16.5 Å². The minimum atomic E-state index is -3.15. The summed E-state index contributed by atoms with van der Waals surface area (Å²) in [4.78, 5) is 12.5. The van der Waals surface area contributed by atoms with Gasteiger partial charge in [0.25, 0.3) is 0 Å². The summed E-state index contributed by atoms with van der Waals surface area (Å²) in [6.45, 7) is 10.7. The number of rotatable bonds is 3. The first-order valence-electron chi connectivity index (χ1n) is 7.97. The number of carbonyl (C=O) groups is 1. The van der Waals surface area contributed by atoms with E-state index in [0.29, 0.717) is 12.4 Å². The summed E-state index contributed by atoms with van der Waals surface area (Å²) in [5.74, 6) is 0.310. The smallest absolute Gasteiger partial charge is 0.407 e. The van der Waals surface area contributed by atoms with Gasteiger partial charge in [-0.15, -0.1) is 0 Å². The third-order valence-corrected chi connectivity index (χ3v) is 12.4. The van der Waals surface area contributed by atoms with Gasteiger partial charge in [0.15, 0.2) is 8.24 Å². The van der Waals surface area contributed by atoms with Gasteiger partial charge < -0.3 is 14.7 Å². The number of ether oxygens (including phenoxy) is 1. The molecular weight excluding hydrogens is 362 g/mol. The van der Waals surface area contributed by atoms with Crippen molar-refractivity contribution < 1.29 is 18.8 Å². The van der Waals surface area contributed by atoms with Crippen LogP contribution in [0, 0.1) is 0 Å². The summed E-state index contributed by atoms with van der Waals surface area (Å²) in [5, 5.41) is 19.3. The number of amides is 1. The Balaban J connectivity index is 2.39. The first-order valence-corrected chi connectivity index (χ1v) is 12.5. The van der Waals surface area contributed by atoms with E-state index in [9.17, 15) is 9.00 Å². The lowest BCUT2D eigenvalue weighted by Crippen LogP contribution is -2.45. The van der Waals surface area contributed by atoms with Gasteiger partial charge in [-0.3, -0.25) is 4.03 Å². The maximum Gasteiger partial charge on any atom is 0.407 e. The summed E-state index contributed by atoms with van der Waals surface area (Å²) in [5.41, 5.74) is 0. The van der Waals surface area contributed by atoms with Crippen LogP contribution in [0.15, 0.2) is 15.1 Å².